The predicted octanol–water partition coefficient (Wildman–Crippen LogP) is 0.351. The number of likely N-dealkylation sites (N-methyl/N-ethyl adjacent to an activating group) is 2. The first-order valence-electron chi connectivity index (χ1n) is 4.77. The van der Waals surface area contributed by atoms with E-state index in [0.717, 1.165) is 19.6 Å². The second-order valence-electron chi connectivity index (χ2n) is 3.67. The van der Waals surface area contributed by atoms with Crippen LogP contribution in [0.3, 0.4) is 0 Å². The number of hydrogen-bond donors (Lipinski definition) is 1. The number of aliphatic hydroxyl groups excluding tert-OH is 1. The molecule has 0 aromatic rings. The summed E-state index contributed by atoms with van der Waals surface area (Å²) in [7, 11) is 2.13. The molecule has 3 nitrogen and oxygen atoms in total. The Labute approximate surface area is 75.0 Å². The third-order valence-electron chi connectivity index (χ3n) is 2.68. The van der Waals surface area contributed by atoms with E-state index in [1.807, 2.05) is 6.92 Å². The van der Waals surface area contributed by atoms with Crippen molar-refractivity contribution in [2.45, 2.75) is 32.5 Å². The van der Waals surface area contributed by atoms with Crippen molar-refractivity contribution in [3.63, 3.8) is 0 Å². The Morgan fingerprint density at radius 2 is 2.33 bits per heavy atom. The van der Waals surface area contributed by atoms with Crippen molar-refractivity contribution in [3.05, 3.63) is 0 Å². The van der Waals surface area contributed by atoms with E-state index in [1.54, 1.807) is 0 Å². The Morgan fingerprint density at radius 1 is 1.67 bits per heavy atom. The maximum Gasteiger partial charge on any atom is 0.104 e. The zero-order valence-corrected chi connectivity index (χ0v) is 8.32. The largest absolute Gasteiger partial charge is 0.379 e. The van der Waals surface area contributed by atoms with Crippen LogP contribution in [0.2, 0.25) is 0 Å². The molecule has 1 aliphatic heterocycles. The van der Waals surface area contributed by atoms with E-state index in [0.29, 0.717) is 6.04 Å². The van der Waals surface area contributed by atoms with Crippen molar-refractivity contribution in [2.75, 3.05) is 26.7 Å². The smallest absolute Gasteiger partial charge is 0.104 e. The number of aliphatic hydroxyl groups is 1. The topological polar surface area (TPSA) is 26.7 Å². The van der Waals surface area contributed by atoms with Crippen LogP contribution >= 0.6 is 0 Å². The minimum Gasteiger partial charge on any atom is -0.379 e. The van der Waals surface area contributed by atoms with Crippen molar-refractivity contribution in [3.8, 4) is 0 Å². The van der Waals surface area contributed by atoms with Crippen molar-refractivity contribution in [1.29, 1.82) is 0 Å². The number of hydrogen-bond acceptors (Lipinski definition) is 3. The van der Waals surface area contributed by atoms with Crippen LogP contribution < -0.4 is 0 Å². The Kier molecular flexibility index (Phi) is 3.50. The fraction of sp³-hybridized carbons (Fsp3) is 1.00. The Hall–Kier alpha value is -0.120. The molecule has 0 radical (unpaired) electrons. The summed E-state index contributed by atoms with van der Waals surface area (Å²) in [6.07, 6.45) is 0.890. The molecule has 1 saturated heterocycles. The van der Waals surface area contributed by atoms with E-state index in [4.69, 9.17) is 0 Å². The van der Waals surface area contributed by atoms with Crippen LogP contribution in [-0.2, 0) is 0 Å². The van der Waals surface area contributed by atoms with E-state index in [1.165, 1.54) is 6.42 Å². The second kappa shape index (κ2) is 4.21. The summed E-state index contributed by atoms with van der Waals surface area (Å²) in [6.45, 7) is 7.15. The molecule has 0 aromatic heterocycles. The van der Waals surface area contributed by atoms with Crippen LogP contribution in [0.4, 0.5) is 0 Å². The highest BCUT2D eigenvalue weighted by molar-refractivity contribution is 4.81. The molecule has 3 heteroatoms. The molecule has 0 aliphatic carbocycles. The average molecular weight is 172 g/mol. The highest BCUT2D eigenvalue weighted by Crippen LogP contribution is 2.15. The Balaban J connectivity index is 2.44. The third-order valence-corrected chi connectivity index (χ3v) is 2.68. The molecule has 1 rings (SSSR count). The summed E-state index contributed by atoms with van der Waals surface area (Å²) >= 11 is 0. The number of rotatable bonds is 3. The predicted molar refractivity (Wildman–Crippen MR) is 50.0 cm³/mol. The first-order valence-corrected chi connectivity index (χ1v) is 4.77. The third kappa shape index (κ3) is 2.19. The van der Waals surface area contributed by atoms with Crippen LogP contribution in [0.1, 0.15) is 20.3 Å². The molecular formula is C9H20N2O. The molecule has 0 spiro atoms. The van der Waals surface area contributed by atoms with E-state index in [9.17, 15) is 5.11 Å². The minimum atomic E-state index is -0.300. The zero-order chi connectivity index (χ0) is 9.14. The molecule has 2 atom stereocenters. The molecule has 0 saturated carbocycles. The van der Waals surface area contributed by atoms with Crippen LogP contribution in [-0.4, -0.2) is 53.9 Å². The van der Waals surface area contributed by atoms with Crippen LogP contribution in [0.15, 0.2) is 0 Å². The van der Waals surface area contributed by atoms with Gasteiger partial charge in [-0.3, -0.25) is 4.90 Å². The maximum atomic E-state index is 9.47. The lowest BCUT2D eigenvalue weighted by Gasteiger charge is -2.29. The second-order valence-corrected chi connectivity index (χ2v) is 3.67. The van der Waals surface area contributed by atoms with Gasteiger partial charge in [0, 0.05) is 12.6 Å². The van der Waals surface area contributed by atoms with Gasteiger partial charge in [0.1, 0.15) is 6.23 Å². The molecule has 12 heavy (non-hydrogen) atoms. The van der Waals surface area contributed by atoms with Gasteiger partial charge in [-0.25, -0.2) is 0 Å². The van der Waals surface area contributed by atoms with Gasteiger partial charge in [0.15, 0.2) is 0 Å². The van der Waals surface area contributed by atoms with Crippen LogP contribution in [0.5, 0.6) is 0 Å². The summed E-state index contributed by atoms with van der Waals surface area (Å²) in [5, 5.41) is 9.47. The van der Waals surface area contributed by atoms with E-state index >= 15 is 0 Å². The maximum absolute atomic E-state index is 9.47. The molecule has 2 unspecified atom stereocenters. The van der Waals surface area contributed by atoms with Gasteiger partial charge in [-0.1, -0.05) is 6.92 Å². The first-order chi connectivity index (χ1) is 5.65. The lowest BCUT2D eigenvalue weighted by molar-refractivity contribution is -0.00482. The fourth-order valence-corrected chi connectivity index (χ4v) is 2.01. The molecule has 1 aliphatic rings. The number of nitrogens with zero attached hydrogens (tertiary/aromatic N) is 2. The van der Waals surface area contributed by atoms with Crippen molar-refractivity contribution >= 4 is 0 Å². The quantitative estimate of drug-likeness (QED) is 0.622. The molecule has 0 amide bonds. The molecule has 72 valence electrons. The minimum absolute atomic E-state index is 0.300. The van der Waals surface area contributed by atoms with Crippen molar-refractivity contribution in [1.82, 2.24) is 9.80 Å². The van der Waals surface area contributed by atoms with Gasteiger partial charge in [0.2, 0.25) is 0 Å². The van der Waals surface area contributed by atoms with Gasteiger partial charge in [-0.2, -0.15) is 0 Å². The summed E-state index contributed by atoms with van der Waals surface area (Å²) in [5.74, 6) is 0. The summed E-state index contributed by atoms with van der Waals surface area (Å²) in [6, 6.07) is 0.556. The highest BCUT2D eigenvalue weighted by Gasteiger charge is 2.26. The number of likely N-dealkylation sites (tertiary alicyclic amines) is 1. The lowest BCUT2D eigenvalue weighted by Crippen LogP contribution is -2.42. The monoisotopic (exact) mass is 172 g/mol. The van der Waals surface area contributed by atoms with Crippen molar-refractivity contribution in [2.24, 2.45) is 0 Å². The van der Waals surface area contributed by atoms with Gasteiger partial charge in [-0.15, -0.1) is 0 Å². The standard InChI is InChI=1S/C9H20N2O/c1-4-11(8(2)12)9-5-6-10(3)7-9/h8-9,12H,4-7H2,1-3H3. The summed E-state index contributed by atoms with van der Waals surface area (Å²) < 4.78 is 0. The molecular weight excluding hydrogens is 152 g/mol. The zero-order valence-electron chi connectivity index (χ0n) is 8.32. The van der Waals surface area contributed by atoms with E-state index < -0.39 is 0 Å². The van der Waals surface area contributed by atoms with Gasteiger partial charge in [0.05, 0.1) is 0 Å². The van der Waals surface area contributed by atoms with Crippen LogP contribution in [0.25, 0.3) is 0 Å². The average Bonchev–Trinajstić information content (AvgIpc) is 2.37. The Bertz CT molecular complexity index is 138. The Morgan fingerprint density at radius 3 is 2.67 bits per heavy atom. The van der Waals surface area contributed by atoms with Gasteiger partial charge in [-0.05, 0) is 33.5 Å². The fourth-order valence-electron chi connectivity index (χ4n) is 2.01. The molecule has 0 aromatic carbocycles. The molecule has 1 heterocycles. The van der Waals surface area contributed by atoms with Gasteiger partial charge in [0.25, 0.3) is 0 Å². The van der Waals surface area contributed by atoms with Crippen LogP contribution in [0, 0.1) is 0 Å². The molecule has 1 N–H and O–H groups in total. The van der Waals surface area contributed by atoms with Gasteiger partial charge >= 0.3 is 0 Å². The first kappa shape index (κ1) is 9.96. The lowest BCUT2D eigenvalue weighted by atomic mass is 10.2. The summed E-state index contributed by atoms with van der Waals surface area (Å²) in [5.41, 5.74) is 0. The van der Waals surface area contributed by atoms with E-state index in [-0.39, 0.29) is 6.23 Å². The highest BCUT2D eigenvalue weighted by atomic mass is 16.3. The molecule has 1 fully saturated rings. The van der Waals surface area contributed by atoms with Gasteiger partial charge < -0.3 is 10.0 Å². The SMILES string of the molecule is CCN(C(C)O)C1CCN(C)C1. The normalized spacial score (nSPS) is 28.2. The van der Waals surface area contributed by atoms with E-state index in [2.05, 4.69) is 23.8 Å². The summed E-state index contributed by atoms with van der Waals surface area (Å²) in [4.78, 5) is 4.47. The van der Waals surface area contributed by atoms with Crippen molar-refractivity contribution < 1.29 is 5.11 Å². The molecule has 0 bridgehead atoms.